The molecule has 0 aliphatic heterocycles. The summed E-state index contributed by atoms with van der Waals surface area (Å²) in [5.41, 5.74) is 1.93. The van der Waals surface area contributed by atoms with Gasteiger partial charge in [-0.25, -0.2) is 14.1 Å². The number of carbonyl (C=O) groups excluding carboxylic acids is 1. The largest absolute Gasteiger partial charge is 0.313 e. The second kappa shape index (κ2) is 6.27. The molecule has 2 aromatic heterocycles. The molecular formula is C18H13ClFN5O. The van der Waals surface area contributed by atoms with Crippen LogP contribution in [0.25, 0.3) is 16.7 Å². The van der Waals surface area contributed by atoms with Crippen molar-refractivity contribution < 1.29 is 9.18 Å². The summed E-state index contributed by atoms with van der Waals surface area (Å²) in [6, 6.07) is 13.0. The van der Waals surface area contributed by atoms with Gasteiger partial charge in [0, 0.05) is 18.3 Å². The molecule has 1 N–H and O–H groups in total. The normalized spacial score (nSPS) is 11.0. The molecule has 0 fully saturated rings. The Morgan fingerprint density at radius 3 is 2.81 bits per heavy atom. The summed E-state index contributed by atoms with van der Waals surface area (Å²) in [6.45, 7) is 0. The number of rotatable bonds is 3. The number of anilines is 1. The lowest BCUT2D eigenvalue weighted by atomic mass is 10.3. The zero-order valence-corrected chi connectivity index (χ0v) is 14.4. The van der Waals surface area contributed by atoms with Crippen molar-refractivity contribution in [3.05, 3.63) is 71.3 Å². The van der Waals surface area contributed by atoms with Crippen molar-refractivity contribution in [3.8, 4) is 5.69 Å². The maximum atomic E-state index is 13.9. The Hall–Kier alpha value is -3.19. The molecule has 130 valence electrons. The SMILES string of the molecule is Cn1c(NC(=O)c2ccn(-c3ccccc3F)n2)nc2cc(Cl)ccc21. The van der Waals surface area contributed by atoms with Crippen LogP contribution < -0.4 is 5.32 Å². The van der Waals surface area contributed by atoms with Crippen LogP contribution in [0.15, 0.2) is 54.7 Å². The molecule has 0 bridgehead atoms. The van der Waals surface area contributed by atoms with Crippen LogP contribution >= 0.6 is 11.6 Å². The van der Waals surface area contributed by atoms with Crippen molar-refractivity contribution in [1.29, 1.82) is 0 Å². The quantitative estimate of drug-likeness (QED) is 0.597. The Balaban J connectivity index is 1.62. The predicted molar refractivity (Wildman–Crippen MR) is 97.2 cm³/mol. The van der Waals surface area contributed by atoms with E-state index < -0.39 is 11.7 Å². The minimum absolute atomic E-state index is 0.151. The number of imidazole rings is 1. The molecular weight excluding hydrogens is 357 g/mol. The summed E-state index contributed by atoms with van der Waals surface area (Å²) >= 11 is 5.98. The van der Waals surface area contributed by atoms with Gasteiger partial charge in [-0.2, -0.15) is 5.10 Å². The maximum Gasteiger partial charge on any atom is 0.278 e. The number of benzene rings is 2. The van der Waals surface area contributed by atoms with E-state index in [1.807, 2.05) is 6.07 Å². The number of hydrogen-bond acceptors (Lipinski definition) is 3. The van der Waals surface area contributed by atoms with Gasteiger partial charge in [-0.1, -0.05) is 23.7 Å². The van der Waals surface area contributed by atoms with E-state index in [1.165, 1.54) is 23.0 Å². The molecule has 0 aliphatic carbocycles. The van der Waals surface area contributed by atoms with Crippen LogP contribution in [0.2, 0.25) is 5.02 Å². The number of aryl methyl sites for hydroxylation is 1. The molecule has 1 amide bonds. The highest BCUT2D eigenvalue weighted by Crippen LogP contribution is 2.22. The molecule has 6 nitrogen and oxygen atoms in total. The third-order valence-corrected chi connectivity index (χ3v) is 4.22. The van der Waals surface area contributed by atoms with Gasteiger partial charge >= 0.3 is 0 Å². The van der Waals surface area contributed by atoms with Crippen molar-refractivity contribution in [3.63, 3.8) is 0 Å². The maximum absolute atomic E-state index is 13.9. The molecule has 0 unspecified atom stereocenters. The van der Waals surface area contributed by atoms with Crippen molar-refractivity contribution >= 4 is 34.5 Å². The highest BCUT2D eigenvalue weighted by molar-refractivity contribution is 6.31. The first-order valence-corrected chi connectivity index (χ1v) is 8.14. The van der Waals surface area contributed by atoms with E-state index in [0.29, 0.717) is 16.5 Å². The van der Waals surface area contributed by atoms with Crippen molar-refractivity contribution in [2.24, 2.45) is 7.05 Å². The van der Waals surface area contributed by atoms with Gasteiger partial charge in [0.25, 0.3) is 5.91 Å². The van der Waals surface area contributed by atoms with Crippen LogP contribution in [0, 0.1) is 5.82 Å². The second-order valence-electron chi connectivity index (χ2n) is 5.68. The molecule has 4 aromatic rings. The Morgan fingerprint density at radius 2 is 2.00 bits per heavy atom. The number of nitrogens with one attached hydrogen (secondary N) is 1. The van der Waals surface area contributed by atoms with Crippen LogP contribution in [-0.4, -0.2) is 25.2 Å². The van der Waals surface area contributed by atoms with Crippen molar-refractivity contribution in [2.75, 3.05) is 5.32 Å². The van der Waals surface area contributed by atoms with Crippen LogP contribution in [-0.2, 0) is 7.05 Å². The van der Waals surface area contributed by atoms with Crippen molar-refractivity contribution in [2.45, 2.75) is 0 Å². The number of hydrogen-bond donors (Lipinski definition) is 1. The third-order valence-electron chi connectivity index (χ3n) is 3.99. The fourth-order valence-corrected chi connectivity index (χ4v) is 2.83. The van der Waals surface area contributed by atoms with E-state index in [2.05, 4.69) is 15.4 Å². The van der Waals surface area contributed by atoms with E-state index in [4.69, 9.17) is 11.6 Å². The van der Waals surface area contributed by atoms with Gasteiger partial charge < -0.3 is 4.57 Å². The summed E-state index contributed by atoms with van der Waals surface area (Å²) in [5, 5.41) is 7.42. The number of aromatic nitrogens is 4. The minimum Gasteiger partial charge on any atom is -0.313 e. The Labute approximate surface area is 152 Å². The number of fused-ring (bicyclic) bond motifs is 1. The van der Waals surface area contributed by atoms with Gasteiger partial charge in [0.05, 0.1) is 11.0 Å². The average molecular weight is 370 g/mol. The van der Waals surface area contributed by atoms with Crippen LogP contribution in [0.3, 0.4) is 0 Å². The van der Waals surface area contributed by atoms with Gasteiger partial charge in [-0.3, -0.25) is 10.1 Å². The molecule has 0 aliphatic rings. The van der Waals surface area contributed by atoms with Crippen LogP contribution in [0.1, 0.15) is 10.5 Å². The molecule has 2 heterocycles. The minimum atomic E-state index is -0.440. The third kappa shape index (κ3) is 2.82. The van der Waals surface area contributed by atoms with Crippen LogP contribution in [0.5, 0.6) is 0 Å². The van der Waals surface area contributed by atoms with E-state index >= 15 is 0 Å². The molecule has 0 saturated heterocycles. The first kappa shape index (κ1) is 16.3. The highest BCUT2D eigenvalue weighted by Gasteiger charge is 2.15. The molecule has 2 aromatic carbocycles. The number of carbonyl (C=O) groups is 1. The molecule has 0 saturated carbocycles. The molecule has 26 heavy (non-hydrogen) atoms. The number of para-hydroxylation sites is 1. The lowest BCUT2D eigenvalue weighted by molar-refractivity contribution is 0.102. The molecule has 0 atom stereocenters. The highest BCUT2D eigenvalue weighted by atomic mass is 35.5. The zero-order valence-electron chi connectivity index (χ0n) is 13.6. The number of amides is 1. The lowest BCUT2D eigenvalue weighted by Crippen LogP contribution is -2.16. The zero-order chi connectivity index (χ0) is 18.3. The number of halogens is 2. The van der Waals surface area contributed by atoms with Gasteiger partial charge in [0.1, 0.15) is 11.5 Å². The molecule has 0 radical (unpaired) electrons. The standard InChI is InChI=1S/C18H13ClFN5O/c1-24-16-7-6-11(19)10-14(16)21-18(24)22-17(26)13-8-9-25(23-13)15-5-3-2-4-12(15)20/h2-10H,1H3,(H,21,22,26). The fourth-order valence-electron chi connectivity index (χ4n) is 2.67. The lowest BCUT2D eigenvalue weighted by Gasteiger charge is -2.04. The van der Waals surface area contributed by atoms with Gasteiger partial charge in [-0.15, -0.1) is 0 Å². The van der Waals surface area contributed by atoms with Crippen molar-refractivity contribution in [1.82, 2.24) is 19.3 Å². The fraction of sp³-hybridized carbons (Fsp3) is 0.0556. The first-order chi connectivity index (χ1) is 12.5. The van der Waals surface area contributed by atoms with Gasteiger partial charge in [0.2, 0.25) is 5.95 Å². The topological polar surface area (TPSA) is 64.7 Å². The summed E-state index contributed by atoms with van der Waals surface area (Å²) in [4.78, 5) is 16.8. The molecule has 8 heteroatoms. The van der Waals surface area contributed by atoms with Gasteiger partial charge in [0.15, 0.2) is 5.69 Å². The summed E-state index contributed by atoms with van der Waals surface area (Å²) < 4.78 is 16.9. The average Bonchev–Trinajstić information content (AvgIpc) is 3.21. The van der Waals surface area contributed by atoms with E-state index in [-0.39, 0.29) is 11.4 Å². The summed E-state index contributed by atoms with van der Waals surface area (Å²) in [5.74, 6) is -0.493. The summed E-state index contributed by atoms with van der Waals surface area (Å²) in [7, 11) is 1.79. The Morgan fingerprint density at radius 1 is 1.19 bits per heavy atom. The van der Waals surface area contributed by atoms with E-state index in [9.17, 15) is 9.18 Å². The second-order valence-corrected chi connectivity index (χ2v) is 6.11. The van der Waals surface area contributed by atoms with Crippen LogP contribution in [0.4, 0.5) is 10.3 Å². The number of nitrogens with zero attached hydrogens (tertiary/aromatic N) is 4. The van der Waals surface area contributed by atoms with E-state index in [0.717, 1.165) is 5.52 Å². The molecule has 4 rings (SSSR count). The Kier molecular flexibility index (Phi) is 3.93. The Bertz CT molecular complexity index is 1130. The first-order valence-electron chi connectivity index (χ1n) is 7.77. The van der Waals surface area contributed by atoms with E-state index in [1.54, 1.807) is 41.9 Å². The molecule has 0 spiro atoms. The van der Waals surface area contributed by atoms with Gasteiger partial charge in [-0.05, 0) is 36.4 Å². The monoisotopic (exact) mass is 369 g/mol. The smallest absolute Gasteiger partial charge is 0.278 e. The summed E-state index contributed by atoms with van der Waals surface area (Å²) in [6.07, 6.45) is 1.53. The predicted octanol–water partition coefficient (Wildman–Crippen LogP) is 3.80.